The molecule has 2 aliphatic heterocycles. The maximum atomic E-state index is 13.0. The zero-order valence-corrected chi connectivity index (χ0v) is 19.0. The molecule has 0 bridgehead atoms. The second-order valence-corrected chi connectivity index (χ2v) is 8.94. The summed E-state index contributed by atoms with van der Waals surface area (Å²) >= 11 is 12.2. The number of piperidine rings is 1. The molecule has 0 radical (unpaired) electrons. The van der Waals surface area contributed by atoms with E-state index in [0.717, 1.165) is 6.42 Å². The Labute approximate surface area is 196 Å². The zero-order valence-electron chi connectivity index (χ0n) is 17.5. The Bertz CT molecular complexity index is 1010. The number of hydrogen-bond donors (Lipinski definition) is 1. The Kier molecular flexibility index (Phi) is 6.96. The van der Waals surface area contributed by atoms with E-state index in [9.17, 15) is 14.4 Å². The van der Waals surface area contributed by atoms with E-state index in [2.05, 4.69) is 10.3 Å². The first-order valence-electron chi connectivity index (χ1n) is 10.7. The molecule has 7 nitrogen and oxygen atoms in total. The van der Waals surface area contributed by atoms with Crippen LogP contribution in [-0.2, 0) is 4.79 Å². The van der Waals surface area contributed by atoms with Crippen molar-refractivity contribution < 1.29 is 14.4 Å². The van der Waals surface area contributed by atoms with Crippen molar-refractivity contribution in [1.29, 1.82) is 0 Å². The van der Waals surface area contributed by atoms with Gasteiger partial charge in [0.1, 0.15) is 6.04 Å². The fraction of sp³-hybridized carbons (Fsp3) is 0.391. The second-order valence-electron chi connectivity index (χ2n) is 8.09. The van der Waals surface area contributed by atoms with Crippen molar-refractivity contribution >= 4 is 40.9 Å². The fourth-order valence-corrected chi connectivity index (χ4v) is 4.67. The van der Waals surface area contributed by atoms with E-state index in [4.69, 9.17) is 23.2 Å². The van der Waals surface area contributed by atoms with E-state index >= 15 is 0 Å². The van der Waals surface area contributed by atoms with Crippen molar-refractivity contribution in [3.8, 4) is 0 Å². The maximum absolute atomic E-state index is 13.0. The van der Waals surface area contributed by atoms with Gasteiger partial charge in [0.15, 0.2) is 0 Å². The first kappa shape index (κ1) is 22.6. The summed E-state index contributed by atoms with van der Waals surface area (Å²) in [6.45, 7) is 1.63. The van der Waals surface area contributed by atoms with Crippen molar-refractivity contribution in [1.82, 2.24) is 20.1 Å². The molecule has 3 amide bonds. The minimum atomic E-state index is -0.533. The standard InChI is InChI=1S/C23H24Cl2N4O3/c24-16-3-4-19(25)18(14-16)23(32)29-11-1-2-20(29)21(30)27-17-7-12-28(13-8-17)22(31)15-5-9-26-10-6-15/h3-6,9-10,14,17,20H,1-2,7-8,11-13H2,(H,27,30). The number of nitrogens with zero attached hydrogens (tertiary/aromatic N) is 3. The number of pyridine rings is 1. The first-order valence-corrected chi connectivity index (χ1v) is 11.5. The summed E-state index contributed by atoms with van der Waals surface area (Å²) in [5.74, 6) is -0.469. The maximum Gasteiger partial charge on any atom is 0.256 e. The molecular weight excluding hydrogens is 451 g/mol. The summed E-state index contributed by atoms with van der Waals surface area (Å²) < 4.78 is 0. The van der Waals surface area contributed by atoms with E-state index in [1.807, 2.05) is 0 Å². The first-order chi connectivity index (χ1) is 15.4. The zero-order chi connectivity index (χ0) is 22.7. The molecular formula is C23H24Cl2N4O3. The van der Waals surface area contributed by atoms with Crippen LogP contribution in [0.2, 0.25) is 10.0 Å². The Morgan fingerprint density at radius 3 is 2.38 bits per heavy atom. The van der Waals surface area contributed by atoms with Gasteiger partial charge in [-0.1, -0.05) is 23.2 Å². The summed E-state index contributed by atoms with van der Waals surface area (Å²) in [5.41, 5.74) is 0.920. The summed E-state index contributed by atoms with van der Waals surface area (Å²) in [5, 5.41) is 3.82. The topological polar surface area (TPSA) is 82.6 Å². The molecule has 2 fully saturated rings. The molecule has 1 aromatic carbocycles. The molecule has 0 saturated carbocycles. The van der Waals surface area contributed by atoms with Crippen LogP contribution in [0.5, 0.6) is 0 Å². The number of carbonyl (C=O) groups excluding carboxylic acids is 3. The van der Waals surface area contributed by atoms with E-state index in [1.54, 1.807) is 46.5 Å². The molecule has 3 heterocycles. The molecule has 0 aliphatic carbocycles. The predicted molar refractivity (Wildman–Crippen MR) is 122 cm³/mol. The highest BCUT2D eigenvalue weighted by atomic mass is 35.5. The highest BCUT2D eigenvalue weighted by Gasteiger charge is 2.36. The van der Waals surface area contributed by atoms with Crippen molar-refractivity contribution in [3.05, 3.63) is 63.9 Å². The van der Waals surface area contributed by atoms with Crippen LogP contribution < -0.4 is 5.32 Å². The van der Waals surface area contributed by atoms with Gasteiger partial charge in [-0.25, -0.2) is 0 Å². The van der Waals surface area contributed by atoms with E-state index in [-0.39, 0.29) is 23.8 Å². The monoisotopic (exact) mass is 474 g/mol. The number of aromatic nitrogens is 1. The number of carbonyl (C=O) groups is 3. The highest BCUT2D eigenvalue weighted by molar-refractivity contribution is 6.35. The third-order valence-corrected chi connectivity index (χ3v) is 6.60. The Morgan fingerprint density at radius 2 is 1.66 bits per heavy atom. The Hall–Kier alpha value is -2.64. The van der Waals surface area contributed by atoms with Crippen LogP contribution in [0, 0.1) is 0 Å². The van der Waals surface area contributed by atoms with E-state index in [0.29, 0.717) is 60.1 Å². The molecule has 1 atom stereocenters. The van der Waals surface area contributed by atoms with Crippen molar-refractivity contribution in [2.45, 2.75) is 37.8 Å². The minimum Gasteiger partial charge on any atom is -0.351 e. The molecule has 168 valence electrons. The third-order valence-electron chi connectivity index (χ3n) is 6.03. The molecule has 2 aliphatic rings. The highest BCUT2D eigenvalue weighted by Crippen LogP contribution is 2.26. The lowest BCUT2D eigenvalue weighted by atomic mass is 10.0. The van der Waals surface area contributed by atoms with Crippen LogP contribution in [-0.4, -0.2) is 64.2 Å². The van der Waals surface area contributed by atoms with Crippen LogP contribution in [0.15, 0.2) is 42.7 Å². The van der Waals surface area contributed by atoms with Crippen LogP contribution in [0.3, 0.4) is 0 Å². The van der Waals surface area contributed by atoms with Gasteiger partial charge in [0.2, 0.25) is 5.91 Å². The van der Waals surface area contributed by atoms with Crippen LogP contribution in [0.4, 0.5) is 0 Å². The average Bonchev–Trinajstić information content (AvgIpc) is 3.31. The number of nitrogens with one attached hydrogen (secondary N) is 1. The Morgan fingerprint density at radius 1 is 0.938 bits per heavy atom. The fourth-order valence-electron chi connectivity index (χ4n) is 4.30. The van der Waals surface area contributed by atoms with Gasteiger partial charge < -0.3 is 15.1 Å². The number of halogens is 2. The van der Waals surface area contributed by atoms with Gasteiger partial charge in [-0.05, 0) is 56.0 Å². The van der Waals surface area contributed by atoms with E-state index in [1.165, 1.54) is 6.07 Å². The smallest absolute Gasteiger partial charge is 0.256 e. The Balaban J connectivity index is 1.34. The van der Waals surface area contributed by atoms with Crippen molar-refractivity contribution in [3.63, 3.8) is 0 Å². The summed E-state index contributed by atoms with van der Waals surface area (Å²) in [7, 11) is 0. The number of hydrogen-bond acceptors (Lipinski definition) is 4. The van der Waals surface area contributed by atoms with Crippen molar-refractivity contribution in [2.75, 3.05) is 19.6 Å². The molecule has 2 saturated heterocycles. The lowest BCUT2D eigenvalue weighted by molar-refractivity contribution is -0.125. The molecule has 1 aromatic heterocycles. The summed E-state index contributed by atoms with van der Waals surface area (Å²) in [6, 6.07) is 7.59. The molecule has 1 N–H and O–H groups in total. The number of benzene rings is 1. The van der Waals surface area contributed by atoms with E-state index < -0.39 is 6.04 Å². The third kappa shape index (κ3) is 4.89. The largest absolute Gasteiger partial charge is 0.351 e. The summed E-state index contributed by atoms with van der Waals surface area (Å²) in [4.78, 5) is 45.9. The van der Waals surface area contributed by atoms with Gasteiger partial charge >= 0.3 is 0 Å². The van der Waals surface area contributed by atoms with Crippen LogP contribution in [0.25, 0.3) is 0 Å². The number of amides is 3. The van der Waals surface area contributed by atoms with Gasteiger partial charge in [0.05, 0.1) is 10.6 Å². The average molecular weight is 475 g/mol. The normalized spacial score (nSPS) is 19.1. The molecule has 4 rings (SSSR count). The lowest BCUT2D eigenvalue weighted by Crippen LogP contribution is -2.52. The van der Waals surface area contributed by atoms with Gasteiger partial charge in [-0.3, -0.25) is 19.4 Å². The minimum absolute atomic E-state index is 0.0249. The summed E-state index contributed by atoms with van der Waals surface area (Å²) in [6.07, 6.45) is 5.90. The van der Waals surface area contributed by atoms with Crippen LogP contribution >= 0.6 is 23.2 Å². The number of rotatable bonds is 4. The van der Waals surface area contributed by atoms with Gasteiger partial charge in [-0.2, -0.15) is 0 Å². The lowest BCUT2D eigenvalue weighted by Gasteiger charge is -2.33. The van der Waals surface area contributed by atoms with Gasteiger partial charge in [-0.15, -0.1) is 0 Å². The molecule has 2 aromatic rings. The number of likely N-dealkylation sites (tertiary alicyclic amines) is 2. The SMILES string of the molecule is O=C(NC1CCN(C(=O)c2ccncc2)CC1)C1CCCN1C(=O)c1cc(Cl)ccc1Cl. The predicted octanol–water partition coefficient (Wildman–Crippen LogP) is 3.41. The van der Waals surface area contributed by atoms with Gasteiger partial charge in [0, 0.05) is 48.7 Å². The van der Waals surface area contributed by atoms with Crippen molar-refractivity contribution in [2.24, 2.45) is 0 Å². The van der Waals surface area contributed by atoms with Gasteiger partial charge in [0.25, 0.3) is 11.8 Å². The quantitative estimate of drug-likeness (QED) is 0.735. The van der Waals surface area contributed by atoms with Crippen LogP contribution in [0.1, 0.15) is 46.4 Å². The second kappa shape index (κ2) is 9.88. The molecule has 1 unspecified atom stereocenters. The molecule has 0 spiro atoms. The molecule has 9 heteroatoms. The molecule has 32 heavy (non-hydrogen) atoms.